The van der Waals surface area contributed by atoms with Crippen molar-refractivity contribution in [3.63, 3.8) is 0 Å². The van der Waals surface area contributed by atoms with E-state index in [0.717, 1.165) is 6.61 Å². The maximum Gasteiger partial charge on any atom is 0.0755 e. The number of rotatable bonds is 2. The van der Waals surface area contributed by atoms with Gasteiger partial charge in [-0.05, 0) is 26.2 Å². The second kappa shape index (κ2) is 3.67. The lowest BCUT2D eigenvalue weighted by Gasteiger charge is -2.15. The molecule has 0 N–H and O–H groups in total. The average molecular weight is 126 g/mol. The molecule has 0 fully saturated rings. The van der Waals surface area contributed by atoms with E-state index in [-0.39, 0.29) is 0 Å². The van der Waals surface area contributed by atoms with E-state index in [2.05, 4.69) is 12.2 Å². The first-order valence-electron chi connectivity index (χ1n) is 3.71. The van der Waals surface area contributed by atoms with Crippen LogP contribution in [-0.2, 0) is 4.74 Å². The van der Waals surface area contributed by atoms with E-state index < -0.39 is 0 Å². The molecule has 0 saturated carbocycles. The fourth-order valence-corrected chi connectivity index (χ4v) is 1.13. The average Bonchev–Trinajstić information content (AvgIpc) is 1.91. The molecule has 1 heteroatoms. The largest absolute Gasteiger partial charge is 0.374 e. The lowest BCUT2D eigenvalue weighted by atomic mass is 10.1. The fraction of sp³-hybridized carbons (Fsp3) is 0.750. The Kier molecular flexibility index (Phi) is 2.78. The Bertz CT molecular complexity index is 96.7. The van der Waals surface area contributed by atoms with Crippen molar-refractivity contribution in [3.05, 3.63) is 12.2 Å². The van der Waals surface area contributed by atoms with Crippen LogP contribution in [0.25, 0.3) is 0 Å². The highest BCUT2D eigenvalue weighted by Gasteiger charge is 2.05. The highest BCUT2D eigenvalue weighted by molar-refractivity contribution is 4.93. The van der Waals surface area contributed by atoms with E-state index in [1.807, 2.05) is 6.92 Å². The van der Waals surface area contributed by atoms with Gasteiger partial charge in [0, 0.05) is 6.61 Å². The summed E-state index contributed by atoms with van der Waals surface area (Å²) in [6, 6.07) is 0. The molecule has 1 aliphatic carbocycles. The van der Waals surface area contributed by atoms with Crippen LogP contribution in [0.2, 0.25) is 0 Å². The Hall–Kier alpha value is -0.300. The summed E-state index contributed by atoms with van der Waals surface area (Å²) in [5.41, 5.74) is 0. The van der Waals surface area contributed by atoms with Crippen LogP contribution in [0.5, 0.6) is 0 Å². The van der Waals surface area contributed by atoms with Crippen molar-refractivity contribution in [1.29, 1.82) is 0 Å². The van der Waals surface area contributed by atoms with Crippen LogP contribution in [0, 0.1) is 0 Å². The van der Waals surface area contributed by atoms with Gasteiger partial charge in [-0.1, -0.05) is 12.2 Å². The lowest BCUT2D eigenvalue weighted by Crippen LogP contribution is -2.11. The highest BCUT2D eigenvalue weighted by Crippen LogP contribution is 2.12. The third-order valence-corrected chi connectivity index (χ3v) is 1.59. The molecule has 0 radical (unpaired) electrons. The maximum atomic E-state index is 5.40. The van der Waals surface area contributed by atoms with Crippen LogP contribution >= 0.6 is 0 Å². The third kappa shape index (κ3) is 2.19. The van der Waals surface area contributed by atoms with Crippen molar-refractivity contribution in [1.82, 2.24) is 0 Å². The summed E-state index contributed by atoms with van der Waals surface area (Å²) in [6.07, 6.45) is 8.55. The van der Waals surface area contributed by atoms with E-state index in [1.54, 1.807) is 0 Å². The fourth-order valence-electron chi connectivity index (χ4n) is 1.13. The van der Waals surface area contributed by atoms with Crippen molar-refractivity contribution in [2.75, 3.05) is 6.61 Å². The molecular formula is C8H14O. The van der Waals surface area contributed by atoms with Gasteiger partial charge in [0.05, 0.1) is 6.10 Å². The molecule has 0 unspecified atom stereocenters. The summed E-state index contributed by atoms with van der Waals surface area (Å²) in [4.78, 5) is 0. The smallest absolute Gasteiger partial charge is 0.0755 e. The van der Waals surface area contributed by atoms with Crippen LogP contribution in [0.3, 0.4) is 0 Å². The molecule has 1 aliphatic rings. The Balaban J connectivity index is 2.23. The molecule has 52 valence electrons. The topological polar surface area (TPSA) is 9.23 Å². The number of allylic oxidation sites excluding steroid dienone is 1. The van der Waals surface area contributed by atoms with Gasteiger partial charge >= 0.3 is 0 Å². The van der Waals surface area contributed by atoms with E-state index >= 15 is 0 Å². The SMILES string of the molecule is CCO[C@@H]1C=CCCC1. The highest BCUT2D eigenvalue weighted by atomic mass is 16.5. The number of ether oxygens (including phenoxy) is 1. The predicted molar refractivity (Wildman–Crippen MR) is 38.4 cm³/mol. The van der Waals surface area contributed by atoms with Gasteiger partial charge in [0.15, 0.2) is 0 Å². The van der Waals surface area contributed by atoms with Crippen molar-refractivity contribution in [3.8, 4) is 0 Å². The van der Waals surface area contributed by atoms with Gasteiger partial charge in [-0.15, -0.1) is 0 Å². The Morgan fingerprint density at radius 1 is 1.67 bits per heavy atom. The third-order valence-electron chi connectivity index (χ3n) is 1.59. The van der Waals surface area contributed by atoms with E-state index in [4.69, 9.17) is 4.74 Å². The van der Waals surface area contributed by atoms with E-state index in [9.17, 15) is 0 Å². The second-order valence-corrected chi connectivity index (χ2v) is 2.35. The summed E-state index contributed by atoms with van der Waals surface area (Å²) in [7, 11) is 0. The molecule has 0 spiro atoms. The molecule has 0 amide bonds. The van der Waals surface area contributed by atoms with Crippen molar-refractivity contribution in [2.24, 2.45) is 0 Å². The van der Waals surface area contributed by atoms with Crippen LogP contribution < -0.4 is 0 Å². The van der Waals surface area contributed by atoms with Crippen molar-refractivity contribution in [2.45, 2.75) is 32.3 Å². The first kappa shape index (κ1) is 6.81. The summed E-state index contributed by atoms with van der Waals surface area (Å²) in [6.45, 7) is 2.89. The van der Waals surface area contributed by atoms with E-state index in [1.165, 1.54) is 19.3 Å². The van der Waals surface area contributed by atoms with Gasteiger partial charge in [-0.3, -0.25) is 0 Å². The zero-order valence-electron chi connectivity index (χ0n) is 5.97. The molecule has 0 aromatic rings. The number of hydrogen-bond donors (Lipinski definition) is 0. The van der Waals surface area contributed by atoms with Gasteiger partial charge in [0.25, 0.3) is 0 Å². The first-order valence-corrected chi connectivity index (χ1v) is 3.71. The molecular weight excluding hydrogens is 112 g/mol. The molecule has 1 rings (SSSR count). The van der Waals surface area contributed by atoms with Crippen LogP contribution in [0.4, 0.5) is 0 Å². The van der Waals surface area contributed by atoms with Crippen molar-refractivity contribution >= 4 is 0 Å². The van der Waals surface area contributed by atoms with Gasteiger partial charge in [-0.2, -0.15) is 0 Å². The molecule has 0 bridgehead atoms. The molecule has 0 aromatic heterocycles. The monoisotopic (exact) mass is 126 g/mol. The lowest BCUT2D eigenvalue weighted by molar-refractivity contribution is 0.0859. The van der Waals surface area contributed by atoms with E-state index in [0.29, 0.717) is 6.10 Å². The number of hydrogen-bond acceptors (Lipinski definition) is 1. The summed E-state index contributed by atoms with van der Waals surface area (Å²) < 4.78 is 5.40. The van der Waals surface area contributed by atoms with Gasteiger partial charge < -0.3 is 4.74 Å². The van der Waals surface area contributed by atoms with Crippen LogP contribution in [-0.4, -0.2) is 12.7 Å². The summed E-state index contributed by atoms with van der Waals surface area (Å²) >= 11 is 0. The zero-order valence-corrected chi connectivity index (χ0v) is 5.97. The zero-order chi connectivity index (χ0) is 6.53. The first-order chi connectivity index (χ1) is 4.43. The minimum Gasteiger partial charge on any atom is -0.374 e. The Morgan fingerprint density at radius 2 is 2.56 bits per heavy atom. The summed E-state index contributed by atoms with van der Waals surface area (Å²) in [5.74, 6) is 0. The normalized spacial score (nSPS) is 26.6. The second-order valence-electron chi connectivity index (χ2n) is 2.35. The molecule has 1 atom stereocenters. The van der Waals surface area contributed by atoms with Gasteiger partial charge in [0.1, 0.15) is 0 Å². The van der Waals surface area contributed by atoms with Crippen LogP contribution in [0.15, 0.2) is 12.2 Å². The Morgan fingerprint density at radius 3 is 3.11 bits per heavy atom. The quantitative estimate of drug-likeness (QED) is 0.515. The minimum atomic E-state index is 0.420. The van der Waals surface area contributed by atoms with Crippen LogP contribution in [0.1, 0.15) is 26.2 Å². The summed E-state index contributed by atoms with van der Waals surface area (Å²) in [5, 5.41) is 0. The molecule has 0 aliphatic heterocycles. The van der Waals surface area contributed by atoms with Gasteiger partial charge in [0.2, 0.25) is 0 Å². The minimum absolute atomic E-state index is 0.420. The van der Waals surface area contributed by atoms with Crippen molar-refractivity contribution < 1.29 is 4.74 Å². The molecule has 9 heavy (non-hydrogen) atoms. The molecule has 0 heterocycles. The molecule has 0 saturated heterocycles. The standard InChI is InChI=1S/C8H14O/c1-2-9-8-6-4-3-5-7-8/h4,6,8H,2-3,5,7H2,1H3/t8-/m1/s1. The van der Waals surface area contributed by atoms with Gasteiger partial charge in [-0.25, -0.2) is 0 Å². The maximum absolute atomic E-state index is 5.40. The Labute approximate surface area is 56.7 Å². The molecule has 1 nitrogen and oxygen atoms in total. The predicted octanol–water partition coefficient (Wildman–Crippen LogP) is 2.13. The molecule has 0 aromatic carbocycles.